The minimum absolute atomic E-state index is 0. The van der Waals surface area contributed by atoms with Gasteiger partial charge in [-0.25, -0.2) is 0 Å². The number of hydrogen-bond acceptors (Lipinski definition) is 0. The van der Waals surface area contributed by atoms with Crippen LogP contribution in [0.25, 0.3) is 0 Å². The van der Waals surface area contributed by atoms with Crippen LogP contribution >= 0.6 is 0 Å². The summed E-state index contributed by atoms with van der Waals surface area (Å²) in [4.78, 5) is 0. The quantitative estimate of drug-likeness (QED) is 0.307. The second-order valence-corrected chi connectivity index (χ2v) is 4.73. The van der Waals surface area contributed by atoms with E-state index in [4.69, 9.17) is 0 Å². The Morgan fingerprint density at radius 2 is 1.53 bits per heavy atom. The Balaban J connectivity index is 0. The van der Waals surface area contributed by atoms with Crippen LogP contribution in [0.4, 0.5) is 0 Å². The number of allylic oxidation sites excluding steroid dienone is 4. The van der Waals surface area contributed by atoms with E-state index in [0.717, 1.165) is 23.7 Å². The van der Waals surface area contributed by atoms with Crippen molar-refractivity contribution in [2.24, 2.45) is 23.7 Å². The first-order valence-corrected chi connectivity index (χ1v) is 5.65. The molecule has 17 heavy (non-hydrogen) atoms. The first-order chi connectivity index (χ1) is 6.45. The minimum atomic E-state index is 0. The zero-order valence-electron chi connectivity index (χ0n) is 9.66. The number of rotatable bonds is 0. The molecule has 0 amide bonds. The molecule has 0 radical (unpaired) electrons. The largest absolute Gasteiger partial charge is 4.00 e. The maximum Gasteiger partial charge on any atom is 4.00 e. The third-order valence-corrected chi connectivity index (χ3v) is 4.06. The summed E-state index contributed by atoms with van der Waals surface area (Å²) in [6, 6.07) is 0. The van der Waals surface area contributed by atoms with Crippen molar-refractivity contribution in [2.45, 2.75) is 25.7 Å². The zero-order valence-corrected chi connectivity index (χ0v) is 13.5. The van der Waals surface area contributed by atoms with Crippen LogP contribution in [-0.2, 0) is 21.7 Å². The molecule has 2 fully saturated rings. The first-order valence-electron chi connectivity index (χ1n) is 5.65. The number of fused-ring (bicyclic) bond motifs is 3. The summed E-state index contributed by atoms with van der Waals surface area (Å²) in [7, 11) is 0. The normalized spacial score (nSPS) is 36.2. The summed E-state index contributed by atoms with van der Waals surface area (Å²) in [5.41, 5.74) is 0. The average Bonchev–Trinajstić information content (AvgIpc) is 2.56. The first kappa shape index (κ1) is 20.4. The molecular formula is C13H17Cl3Ti. The van der Waals surface area contributed by atoms with Gasteiger partial charge in [0.1, 0.15) is 0 Å². The van der Waals surface area contributed by atoms with Crippen molar-refractivity contribution < 1.29 is 58.9 Å². The maximum atomic E-state index is 2.62. The van der Waals surface area contributed by atoms with Crippen molar-refractivity contribution in [1.29, 1.82) is 0 Å². The molecule has 4 heteroatoms. The molecular weight excluding hydrogens is 310 g/mol. The standard InChI is InChI=1S/C13H17.3ClH.Ti/c1-3-7-12-10(5-1)9-11-6-2-4-8-13(11)12;;;;/h1,3,5,7,9-13H,2,4,6,8H2;3*1H;/q-1;;;;+4/p-3. The SMILES string of the molecule is C1=CC2[CH-]C3CCCCC3C2C=C1.[Cl-].[Cl-].[Cl-].[Ti+4]. The van der Waals surface area contributed by atoms with Crippen LogP contribution < -0.4 is 37.2 Å². The van der Waals surface area contributed by atoms with Gasteiger partial charge in [-0.05, 0) is 5.92 Å². The average molecular weight is 328 g/mol. The van der Waals surface area contributed by atoms with Gasteiger partial charge in [-0.3, -0.25) is 0 Å². The van der Waals surface area contributed by atoms with Gasteiger partial charge in [0.25, 0.3) is 0 Å². The Hall–Kier alpha value is 1.06. The van der Waals surface area contributed by atoms with Crippen LogP contribution in [0.5, 0.6) is 0 Å². The Kier molecular flexibility index (Phi) is 10.8. The van der Waals surface area contributed by atoms with E-state index in [9.17, 15) is 0 Å². The second kappa shape index (κ2) is 9.05. The number of hydrogen-bond donors (Lipinski definition) is 0. The molecule has 0 bridgehead atoms. The monoisotopic (exact) mass is 326 g/mol. The summed E-state index contributed by atoms with van der Waals surface area (Å²) in [5, 5.41) is 0. The van der Waals surface area contributed by atoms with Crippen LogP contribution in [-0.4, -0.2) is 0 Å². The fraction of sp³-hybridized carbons (Fsp3) is 0.615. The summed E-state index contributed by atoms with van der Waals surface area (Å²) < 4.78 is 0. The molecule has 94 valence electrons. The molecule has 3 rings (SSSR count). The van der Waals surface area contributed by atoms with Gasteiger partial charge in [0, 0.05) is 0 Å². The predicted molar refractivity (Wildman–Crippen MR) is 55.0 cm³/mol. The van der Waals surface area contributed by atoms with Gasteiger partial charge in [-0.15, -0.1) is 12.0 Å². The maximum absolute atomic E-state index is 2.62. The predicted octanol–water partition coefficient (Wildman–Crippen LogP) is -5.62. The van der Waals surface area contributed by atoms with Crippen molar-refractivity contribution in [2.75, 3.05) is 0 Å². The Bertz CT molecular complexity index is 265. The summed E-state index contributed by atoms with van der Waals surface area (Å²) in [6.07, 6.45) is 17.8. The van der Waals surface area contributed by atoms with Crippen molar-refractivity contribution in [1.82, 2.24) is 0 Å². The van der Waals surface area contributed by atoms with Gasteiger partial charge in [0.15, 0.2) is 0 Å². The molecule has 4 atom stereocenters. The number of halogens is 3. The van der Waals surface area contributed by atoms with Gasteiger partial charge < -0.3 is 43.6 Å². The van der Waals surface area contributed by atoms with Crippen molar-refractivity contribution in [3.8, 4) is 0 Å². The molecule has 0 spiro atoms. The Morgan fingerprint density at radius 3 is 2.29 bits per heavy atom. The third kappa shape index (κ3) is 4.01. The van der Waals surface area contributed by atoms with E-state index in [1.165, 1.54) is 25.7 Å². The van der Waals surface area contributed by atoms with E-state index in [1.54, 1.807) is 0 Å². The van der Waals surface area contributed by atoms with E-state index in [1.807, 2.05) is 0 Å². The molecule has 3 aliphatic rings. The Morgan fingerprint density at radius 1 is 0.882 bits per heavy atom. The van der Waals surface area contributed by atoms with Gasteiger partial charge in [-0.2, -0.15) is 5.92 Å². The van der Waals surface area contributed by atoms with E-state index in [2.05, 4.69) is 30.7 Å². The topological polar surface area (TPSA) is 0 Å². The van der Waals surface area contributed by atoms with Gasteiger partial charge >= 0.3 is 21.7 Å². The van der Waals surface area contributed by atoms with Crippen LogP contribution in [0.1, 0.15) is 25.7 Å². The van der Waals surface area contributed by atoms with Crippen LogP contribution in [0, 0.1) is 30.1 Å². The van der Waals surface area contributed by atoms with Crippen molar-refractivity contribution in [3.05, 3.63) is 30.7 Å². The molecule has 0 N–H and O–H groups in total. The fourth-order valence-corrected chi connectivity index (χ4v) is 3.45. The molecule has 0 nitrogen and oxygen atoms in total. The molecule has 0 aliphatic heterocycles. The molecule has 0 aromatic rings. The fourth-order valence-electron chi connectivity index (χ4n) is 3.45. The van der Waals surface area contributed by atoms with Crippen molar-refractivity contribution >= 4 is 0 Å². The smallest absolute Gasteiger partial charge is 1.00 e. The summed E-state index contributed by atoms with van der Waals surface area (Å²) in [5.74, 6) is 3.56. The molecule has 0 saturated heterocycles. The Labute approximate surface area is 138 Å². The molecule has 0 aromatic carbocycles. The van der Waals surface area contributed by atoms with Crippen LogP contribution in [0.3, 0.4) is 0 Å². The third-order valence-electron chi connectivity index (χ3n) is 4.06. The molecule has 0 heterocycles. The van der Waals surface area contributed by atoms with Crippen molar-refractivity contribution in [3.63, 3.8) is 0 Å². The minimum Gasteiger partial charge on any atom is -1.00 e. The van der Waals surface area contributed by atoms with Gasteiger partial charge in [-0.1, -0.05) is 49.8 Å². The zero-order chi connectivity index (χ0) is 8.67. The molecule has 3 aliphatic carbocycles. The summed E-state index contributed by atoms with van der Waals surface area (Å²) in [6.45, 7) is 0. The molecule has 2 saturated carbocycles. The van der Waals surface area contributed by atoms with E-state index in [-0.39, 0.29) is 58.9 Å². The second-order valence-electron chi connectivity index (χ2n) is 4.73. The van der Waals surface area contributed by atoms with Crippen LogP contribution in [0.15, 0.2) is 24.3 Å². The van der Waals surface area contributed by atoms with Crippen LogP contribution in [0.2, 0.25) is 0 Å². The molecule has 0 aromatic heterocycles. The van der Waals surface area contributed by atoms with E-state index >= 15 is 0 Å². The summed E-state index contributed by atoms with van der Waals surface area (Å²) >= 11 is 0. The van der Waals surface area contributed by atoms with Gasteiger partial charge in [0.2, 0.25) is 0 Å². The van der Waals surface area contributed by atoms with E-state index in [0.29, 0.717) is 0 Å². The van der Waals surface area contributed by atoms with E-state index < -0.39 is 0 Å². The van der Waals surface area contributed by atoms with Gasteiger partial charge in [0.05, 0.1) is 0 Å². The molecule has 4 unspecified atom stereocenters.